The van der Waals surface area contributed by atoms with Gasteiger partial charge in [-0.2, -0.15) is 11.3 Å². The van der Waals surface area contributed by atoms with Crippen LogP contribution in [0.25, 0.3) is 0 Å². The highest BCUT2D eigenvalue weighted by atomic mass is 35.5. The molecule has 0 spiro atoms. The number of hydrogen-bond donors (Lipinski definition) is 1. The molecule has 5 heteroatoms. The van der Waals surface area contributed by atoms with Crippen LogP contribution in [0.1, 0.15) is 18.9 Å². The van der Waals surface area contributed by atoms with Crippen molar-refractivity contribution in [1.82, 2.24) is 4.90 Å². The monoisotopic (exact) mass is 339 g/mol. The number of thiophene rings is 1. The van der Waals surface area contributed by atoms with E-state index in [4.69, 9.17) is 16.3 Å². The number of aliphatic hydroxyl groups excluding tert-OH is 1. The molecule has 0 bridgehead atoms. The van der Waals surface area contributed by atoms with E-state index in [1.807, 2.05) is 12.1 Å². The van der Waals surface area contributed by atoms with Gasteiger partial charge in [0.1, 0.15) is 18.5 Å². The number of nitrogens with zero attached hydrogens (tertiary/aromatic N) is 1. The highest BCUT2D eigenvalue weighted by Crippen LogP contribution is 2.16. The maximum atomic E-state index is 10.2. The molecule has 0 radical (unpaired) electrons. The zero-order chi connectivity index (χ0) is 15.8. The molecule has 1 N–H and O–H groups in total. The molecule has 0 saturated heterocycles. The maximum absolute atomic E-state index is 10.2. The fourth-order valence-electron chi connectivity index (χ4n) is 2.27. The molecule has 0 fully saturated rings. The molecule has 2 rings (SSSR count). The van der Waals surface area contributed by atoms with Gasteiger partial charge < -0.3 is 9.84 Å². The standard InChI is InChI=1S/C17H22ClNO2S/c1-2-8-19(10-14-7-9-22-13-14)11-16(20)12-21-17-5-3-15(18)4-6-17/h3-7,9,13,16,20H,2,8,10-12H2,1H3/t16-/m0/s1. The van der Waals surface area contributed by atoms with Gasteiger partial charge in [-0.25, -0.2) is 0 Å². The second kappa shape index (κ2) is 9.16. The summed E-state index contributed by atoms with van der Waals surface area (Å²) < 4.78 is 5.60. The first-order valence-electron chi connectivity index (χ1n) is 7.47. The lowest BCUT2D eigenvalue weighted by molar-refractivity contribution is 0.0656. The van der Waals surface area contributed by atoms with Crippen molar-refractivity contribution in [2.45, 2.75) is 26.0 Å². The normalized spacial score (nSPS) is 12.5. The quantitative estimate of drug-likeness (QED) is 0.748. The number of rotatable bonds is 9. The van der Waals surface area contributed by atoms with Crippen LogP contribution in [0.2, 0.25) is 5.02 Å². The highest BCUT2D eigenvalue weighted by Gasteiger charge is 2.13. The number of benzene rings is 1. The van der Waals surface area contributed by atoms with Crippen LogP contribution < -0.4 is 4.74 Å². The third-order valence-electron chi connectivity index (χ3n) is 3.25. The molecule has 0 aliphatic rings. The highest BCUT2D eigenvalue weighted by molar-refractivity contribution is 7.07. The van der Waals surface area contributed by atoms with Crippen LogP contribution in [0.4, 0.5) is 0 Å². The van der Waals surface area contributed by atoms with Crippen LogP contribution in [0.15, 0.2) is 41.1 Å². The van der Waals surface area contributed by atoms with Crippen LogP contribution in [0.5, 0.6) is 5.75 Å². The van der Waals surface area contributed by atoms with E-state index in [2.05, 4.69) is 28.7 Å². The fraction of sp³-hybridized carbons (Fsp3) is 0.412. The van der Waals surface area contributed by atoms with E-state index in [0.29, 0.717) is 11.6 Å². The average Bonchev–Trinajstić information content (AvgIpc) is 3.00. The van der Waals surface area contributed by atoms with Crippen molar-refractivity contribution in [3.63, 3.8) is 0 Å². The Morgan fingerprint density at radius 1 is 1.27 bits per heavy atom. The van der Waals surface area contributed by atoms with Gasteiger partial charge in [-0.1, -0.05) is 18.5 Å². The summed E-state index contributed by atoms with van der Waals surface area (Å²) in [5, 5.41) is 15.1. The summed E-state index contributed by atoms with van der Waals surface area (Å²) in [6.45, 7) is 4.88. The van der Waals surface area contributed by atoms with Gasteiger partial charge in [0.05, 0.1) is 0 Å². The fourth-order valence-corrected chi connectivity index (χ4v) is 3.05. The third-order valence-corrected chi connectivity index (χ3v) is 4.24. The Hall–Kier alpha value is -1.07. The van der Waals surface area contributed by atoms with Crippen LogP contribution in [-0.2, 0) is 6.54 Å². The Morgan fingerprint density at radius 3 is 2.68 bits per heavy atom. The molecule has 0 aliphatic heterocycles. The number of ether oxygens (including phenoxy) is 1. The van der Waals surface area contributed by atoms with Gasteiger partial charge in [0, 0.05) is 18.1 Å². The van der Waals surface area contributed by atoms with Crippen molar-refractivity contribution in [2.24, 2.45) is 0 Å². The van der Waals surface area contributed by atoms with E-state index < -0.39 is 6.10 Å². The molecule has 22 heavy (non-hydrogen) atoms. The lowest BCUT2D eigenvalue weighted by Gasteiger charge is -2.24. The van der Waals surface area contributed by atoms with Gasteiger partial charge in [0.2, 0.25) is 0 Å². The zero-order valence-electron chi connectivity index (χ0n) is 12.7. The van der Waals surface area contributed by atoms with Crippen molar-refractivity contribution in [1.29, 1.82) is 0 Å². The van der Waals surface area contributed by atoms with E-state index in [-0.39, 0.29) is 6.61 Å². The Bertz CT molecular complexity index is 530. The number of halogens is 1. The van der Waals surface area contributed by atoms with Crippen molar-refractivity contribution in [2.75, 3.05) is 19.7 Å². The number of hydrogen-bond acceptors (Lipinski definition) is 4. The summed E-state index contributed by atoms with van der Waals surface area (Å²) in [6.07, 6.45) is 0.551. The summed E-state index contributed by atoms with van der Waals surface area (Å²) in [5.41, 5.74) is 1.30. The van der Waals surface area contributed by atoms with Crippen LogP contribution >= 0.6 is 22.9 Å². The van der Waals surface area contributed by atoms with E-state index in [1.54, 1.807) is 23.5 Å². The molecule has 120 valence electrons. The lowest BCUT2D eigenvalue weighted by atomic mass is 10.2. The van der Waals surface area contributed by atoms with E-state index >= 15 is 0 Å². The minimum absolute atomic E-state index is 0.283. The SMILES string of the molecule is CCCN(Cc1ccsc1)C[C@H](O)COc1ccc(Cl)cc1. The molecule has 1 aromatic carbocycles. The summed E-state index contributed by atoms with van der Waals surface area (Å²) in [4.78, 5) is 2.26. The molecule has 1 aromatic heterocycles. The molecule has 1 atom stereocenters. The molecule has 0 aliphatic carbocycles. The summed E-state index contributed by atoms with van der Waals surface area (Å²) in [5.74, 6) is 0.725. The van der Waals surface area contributed by atoms with Gasteiger partial charge >= 0.3 is 0 Å². The van der Waals surface area contributed by atoms with Crippen molar-refractivity contribution < 1.29 is 9.84 Å². The summed E-state index contributed by atoms with van der Waals surface area (Å²) >= 11 is 7.54. The first kappa shape index (κ1) is 17.3. The predicted molar refractivity (Wildman–Crippen MR) is 92.8 cm³/mol. The summed E-state index contributed by atoms with van der Waals surface area (Å²) in [6, 6.07) is 9.31. The Morgan fingerprint density at radius 2 is 2.05 bits per heavy atom. The molecule has 1 heterocycles. The Kier molecular flexibility index (Phi) is 7.19. The minimum atomic E-state index is -0.513. The third kappa shape index (κ3) is 5.97. The van der Waals surface area contributed by atoms with Gasteiger partial charge in [-0.05, 0) is 59.6 Å². The van der Waals surface area contributed by atoms with E-state index in [9.17, 15) is 5.11 Å². The Labute approximate surface area is 141 Å². The molecular formula is C17H22ClNO2S. The second-order valence-corrected chi connectivity index (χ2v) is 6.50. The van der Waals surface area contributed by atoms with E-state index in [0.717, 1.165) is 25.3 Å². The topological polar surface area (TPSA) is 32.7 Å². The first-order chi connectivity index (χ1) is 10.7. The van der Waals surface area contributed by atoms with Crippen LogP contribution in [-0.4, -0.2) is 35.8 Å². The van der Waals surface area contributed by atoms with Gasteiger partial charge in [-0.3, -0.25) is 4.90 Å². The average molecular weight is 340 g/mol. The van der Waals surface area contributed by atoms with E-state index in [1.165, 1.54) is 5.56 Å². The van der Waals surface area contributed by atoms with Crippen molar-refractivity contribution in [3.05, 3.63) is 51.7 Å². The molecule has 3 nitrogen and oxygen atoms in total. The molecule has 0 amide bonds. The van der Waals surface area contributed by atoms with Crippen molar-refractivity contribution in [3.8, 4) is 5.75 Å². The van der Waals surface area contributed by atoms with Crippen LogP contribution in [0, 0.1) is 0 Å². The zero-order valence-corrected chi connectivity index (χ0v) is 14.3. The summed E-state index contributed by atoms with van der Waals surface area (Å²) in [7, 11) is 0. The Balaban J connectivity index is 1.79. The maximum Gasteiger partial charge on any atom is 0.119 e. The van der Waals surface area contributed by atoms with Gasteiger partial charge in [0.25, 0.3) is 0 Å². The minimum Gasteiger partial charge on any atom is -0.491 e. The lowest BCUT2D eigenvalue weighted by Crippen LogP contribution is -2.35. The smallest absolute Gasteiger partial charge is 0.119 e. The predicted octanol–water partition coefficient (Wildman–Crippen LogP) is 4.05. The molecule has 0 unspecified atom stereocenters. The van der Waals surface area contributed by atoms with Gasteiger partial charge in [0.15, 0.2) is 0 Å². The van der Waals surface area contributed by atoms with Gasteiger partial charge in [-0.15, -0.1) is 0 Å². The van der Waals surface area contributed by atoms with Crippen molar-refractivity contribution >= 4 is 22.9 Å². The first-order valence-corrected chi connectivity index (χ1v) is 8.79. The molecule has 2 aromatic rings. The molecule has 0 saturated carbocycles. The second-order valence-electron chi connectivity index (χ2n) is 5.29. The molecular weight excluding hydrogens is 318 g/mol. The largest absolute Gasteiger partial charge is 0.491 e. The number of aliphatic hydroxyl groups is 1. The van der Waals surface area contributed by atoms with Crippen LogP contribution in [0.3, 0.4) is 0 Å².